The number of carbonyl (C=O) groups excluding carboxylic acids is 1. The number of likely N-dealkylation sites (N-methyl/N-ethyl adjacent to an activating group) is 1. The van der Waals surface area contributed by atoms with Crippen LogP contribution in [0.3, 0.4) is 0 Å². The Labute approximate surface area is 83.9 Å². The molecule has 2 aliphatic heterocycles. The molecule has 0 aromatic heterocycles. The zero-order valence-electron chi connectivity index (χ0n) is 8.45. The number of morpholine rings is 1. The number of carbonyl (C=O) groups is 1. The van der Waals surface area contributed by atoms with Gasteiger partial charge in [-0.3, -0.25) is 4.79 Å². The molecule has 0 aliphatic carbocycles. The van der Waals surface area contributed by atoms with Crippen LogP contribution in [-0.4, -0.2) is 50.2 Å². The highest BCUT2D eigenvalue weighted by Gasteiger charge is 2.23. The summed E-state index contributed by atoms with van der Waals surface area (Å²) in [6.07, 6.45) is 3.38. The summed E-state index contributed by atoms with van der Waals surface area (Å²) in [5, 5.41) is 2.82. The molecule has 1 atom stereocenters. The Kier molecular flexibility index (Phi) is 2.84. The molecular formula is C10H16N2O2. The molecule has 0 radical (unpaired) electrons. The van der Waals surface area contributed by atoms with Gasteiger partial charge in [0.1, 0.15) is 6.61 Å². The molecule has 4 heteroatoms. The zero-order chi connectivity index (χ0) is 9.97. The lowest BCUT2D eigenvalue weighted by Gasteiger charge is -2.30. The number of hydrogen-bond acceptors (Lipinski definition) is 3. The van der Waals surface area contributed by atoms with Crippen molar-refractivity contribution in [3.05, 3.63) is 11.6 Å². The molecule has 0 saturated carbocycles. The minimum absolute atomic E-state index is 0.00484. The third-order valence-electron chi connectivity index (χ3n) is 2.76. The standard InChI is InChI=1S/C10H16N2O2/c1-12-4-2-8(3-5-12)9-6-11-10(13)7-14-9/h2,9H,3-7H2,1H3,(H,11,13)/t9-/m0/s1. The molecule has 2 rings (SSSR count). The van der Waals surface area contributed by atoms with Crippen molar-refractivity contribution in [2.24, 2.45) is 0 Å². The van der Waals surface area contributed by atoms with Crippen molar-refractivity contribution in [3.63, 3.8) is 0 Å². The van der Waals surface area contributed by atoms with Crippen LogP contribution >= 0.6 is 0 Å². The van der Waals surface area contributed by atoms with Crippen molar-refractivity contribution in [2.45, 2.75) is 12.5 Å². The van der Waals surface area contributed by atoms with Gasteiger partial charge in [-0.05, 0) is 19.0 Å². The van der Waals surface area contributed by atoms with Crippen LogP contribution < -0.4 is 5.32 Å². The summed E-state index contributed by atoms with van der Waals surface area (Å²) in [6.45, 7) is 2.91. The van der Waals surface area contributed by atoms with Crippen molar-refractivity contribution in [1.29, 1.82) is 0 Å². The molecule has 2 heterocycles. The summed E-state index contributed by atoms with van der Waals surface area (Å²) < 4.78 is 5.47. The highest BCUT2D eigenvalue weighted by molar-refractivity contribution is 5.77. The highest BCUT2D eigenvalue weighted by atomic mass is 16.5. The fraction of sp³-hybridized carbons (Fsp3) is 0.700. The molecule has 4 nitrogen and oxygen atoms in total. The van der Waals surface area contributed by atoms with E-state index in [2.05, 4.69) is 23.3 Å². The number of amides is 1. The first-order valence-electron chi connectivity index (χ1n) is 5.01. The highest BCUT2D eigenvalue weighted by Crippen LogP contribution is 2.17. The Morgan fingerprint density at radius 1 is 1.64 bits per heavy atom. The Hall–Kier alpha value is -0.870. The second-order valence-electron chi connectivity index (χ2n) is 3.90. The number of ether oxygens (including phenoxy) is 1. The third-order valence-corrected chi connectivity index (χ3v) is 2.76. The molecule has 0 aromatic carbocycles. The average Bonchev–Trinajstić information content (AvgIpc) is 2.21. The van der Waals surface area contributed by atoms with Gasteiger partial charge in [-0.25, -0.2) is 0 Å². The molecular weight excluding hydrogens is 180 g/mol. The van der Waals surface area contributed by atoms with E-state index < -0.39 is 0 Å². The van der Waals surface area contributed by atoms with Crippen LogP contribution in [0.1, 0.15) is 6.42 Å². The number of hydrogen-bond donors (Lipinski definition) is 1. The molecule has 14 heavy (non-hydrogen) atoms. The van der Waals surface area contributed by atoms with Crippen molar-refractivity contribution in [3.8, 4) is 0 Å². The van der Waals surface area contributed by atoms with Crippen molar-refractivity contribution in [1.82, 2.24) is 10.2 Å². The first-order valence-corrected chi connectivity index (χ1v) is 5.01. The van der Waals surface area contributed by atoms with Crippen molar-refractivity contribution < 1.29 is 9.53 Å². The predicted molar refractivity (Wildman–Crippen MR) is 52.9 cm³/mol. The minimum Gasteiger partial charge on any atom is -0.362 e. The summed E-state index contributed by atoms with van der Waals surface area (Å²) in [5.41, 5.74) is 1.34. The third kappa shape index (κ3) is 2.13. The number of rotatable bonds is 1. The van der Waals surface area contributed by atoms with E-state index in [-0.39, 0.29) is 18.6 Å². The fourth-order valence-corrected chi connectivity index (χ4v) is 1.81. The van der Waals surface area contributed by atoms with Gasteiger partial charge >= 0.3 is 0 Å². The van der Waals surface area contributed by atoms with E-state index in [1.807, 2.05) is 0 Å². The second-order valence-corrected chi connectivity index (χ2v) is 3.90. The van der Waals surface area contributed by atoms with Gasteiger partial charge in [-0.2, -0.15) is 0 Å². The monoisotopic (exact) mass is 196 g/mol. The summed E-state index contributed by atoms with van der Waals surface area (Å²) in [6, 6.07) is 0. The van der Waals surface area contributed by atoms with Crippen molar-refractivity contribution >= 4 is 5.91 Å². The maximum atomic E-state index is 10.9. The molecule has 0 aromatic rings. The molecule has 0 spiro atoms. The smallest absolute Gasteiger partial charge is 0.246 e. The normalized spacial score (nSPS) is 29.6. The van der Waals surface area contributed by atoms with Crippen LogP contribution in [0.4, 0.5) is 0 Å². The number of nitrogens with zero attached hydrogens (tertiary/aromatic N) is 1. The topological polar surface area (TPSA) is 41.6 Å². The first-order chi connectivity index (χ1) is 6.75. The van der Waals surface area contributed by atoms with Gasteiger partial charge in [-0.15, -0.1) is 0 Å². The van der Waals surface area contributed by atoms with E-state index in [1.54, 1.807) is 0 Å². The summed E-state index contributed by atoms with van der Waals surface area (Å²) >= 11 is 0. The van der Waals surface area contributed by atoms with Gasteiger partial charge < -0.3 is 15.0 Å². The van der Waals surface area contributed by atoms with Crippen LogP contribution in [0.15, 0.2) is 11.6 Å². The van der Waals surface area contributed by atoms with Crippen LogP contribution in [0.2, 0.25) is 0 Å². The SMILES string of the molecule is CN1CC=C([C@@H]2CNC(=O)CO2)CC1. The van der Waals surface area contributed by atoms with Gasteiger partial charge in [0.05, 0.1) is 6.10 Å². The Balaban J connectivity index is 1.92. The lowest BCUT2D eigenvalue weighted by atomic mass is 10.0. The van der Waals surface area contributed by atoms with Gasteiger partial charge in [0, 0.05) is 19.6 Å². The molecule has 1 saturated heterocycles. The first kappa shape index (κ1) is 9.68. The second kappa shape index (κ2) is 4.11. The molecule has 1 N–H and O–H groups in total. The van der Waals surface area contributed by atoms with E-state index in [9.17, 15) is 4.79 Å². The lowest BCUT2D eigenvalue weighted by Crippen LogP contribution is -2.44. The van der Waals surface area contributed by atoms with Crippen molar-refractivity contribution in [2.75, 3.05) is 33.3 Å². The minimum atomic E-state index is -0.00484. The van der Waals surface area contributed by atoms with Gasteiger partial charge in [0.2, 0.25) is 5.91 Å². The quantitative estimate of drug-likeness (QED) is 0.589. The lowest BCUT2D eigenvalue weighted by molar-refractivity contribution is -0.131. The van der Waals surface area contributed by atoms with Gasteiger partial charge in [-0.1, -0.05) is 6.08 Å². The van der Waals surface area contributed by atoms with Gasteiger partial charge in [0.15, 0.2) is 0 Å². The molecule has 2 aliphatic rings. The van der Waals surface area contributed by atoms with E-state index in [1.165, 1.54) is 5.57 Å². The maximum Gasteiger partial charge on any atom is 0.246 e. The summed E-state index contributed by atoms with van der Waals surface area (Å²) in [4.78, 5) is 13.1. The van der Waals surface area contributed by atoms with Crippen LogP contribution in [0.5, 0.6) is 0 Å². The van der Waals surface area contributed by atoms with E-state index in [4.69, 9.17) is 4.74 Å². The van der Waals surface area contributed by atoms with E-state index in [0.29, 0.717) is 6.54 Å². The Morgan fingerprint density at radius 3 is 3.07 bits per heavy atom. The molecule has 1 amide bonds. The predicted octanol–water partition coefficient (Wildman–Crippen LogP) is -0.237. The Morgan fingerprint density at radius 2 is 2.50 bits per heavy atom. The maximum absolute atomic E-state index is 10.9. The van der Waals surface area contributed by atoms with E-state index >= 15 is 0 Å². The summed E-state index contributed by atoms with van der Waals surface area (Å²) in [5.74, 6) is -0.00484. The number of nitrogens with one attached hydrogen (secondary N) is 1. The summed E-state index contributed by atoms with van der Waals surface area (Å²) in [7, 11) is 2.11. The molecule has 0 unspecified atom stereocenters. The fourth-order valence-electron chi connectivity index (χ4n) is 1.81. The van der Waals surface area contributed by atoms with Crippen LogP contribution in [0, 0.1) is 0 Å². The zero-order valence-corrected chi connectivity index (χ0v) is 8.45. The average molecular weight is 196 g/mol. The Bertz CT molecular complexity index is 253. The van der Waals surface area contributed by atoms with E-state index in [0.717, 1.165) is 19.5 Å². The van der Waals surface area contributed by atoms with Crippen LogP contribution in [-0.2, 0) is 9.53 Å². The van der Waals surface area contributed by atoms with Gasteiger partial charge in [0.25, 0.3) is 0 Å². The molecule has 1 fully saturated rings. The largest absolute Gasteiger partial charge is 0.362 e. The molecule has 0 bridgehead atoms. The van der Waals surface area contributed by atoms with Crippen LogP contribution in [0.25, 0.3) is 0 Å². The molecule has 78 valence electrons.